The zero-order valence-electron chi connectivity index (χ0n) is 11.1. The van der Waals surface area contributed by atoms with Crippen molar-refractivity contribution in [3.05, 3.63) is 53.1 Å². The molecule has 0 atom stereocenters. The van der Waals surface area contributed by atoms with Gasteiger partial charge in [0.05, 0.1) is 12.2 Å². The van der Waals surface area contributed by atoms with Crippen LogP contribution in [0.25, 0.3) is 11.0 Å². The van der Waals surface area contributed by atoms with Gasteiger partial charge >= 0.3 is 0 Å². The standard InChI is InChI=1S/C15H16N2O2/c1-10-14(11(2)19-17-10)9-16-8-13-7-12-5-3-4-6-15(12)18-13/h3-7,16H,8-9H2,1-2H3. The van der Waals surface area contributed by atoms with E-state index in [4.69, 9.17) is 8.94 Å². The van der Waals surface area contributed by atoms with Crippen molar-refractivity contribution in [2.75, 3.05) is 0 Å². The molecule has 0 saturated carbocycles. The lowest BCUT2D eigenvalue weighted by molar-refractivity contribution is 0.391. The van der Waals surface area contributed by atoms with Crippen molar-refractivity contribution in [1.82, 2.24) is 10.5 Å². The highest BCUT2D eigenvalue weighted by atomic mass is 16.5. The van der Waals surface area contributed by atoms with Crippen LogP contribution in [-0.2, 0) is 13.1 Å². The van der Waals surface area contributed by atoms with Gasteiger partial charge in [-0.05, 0) is 26.0 Å². The van der Waals surface area contributed by atoms with Gasteiger partial charge in [0.15, 0.2) is 0 Å². The average Bonchev–Trinajstić information content (AvgIpc) is 2.95. The number of nitrogens with one attached hydrogen (secondary N) is 1. The Kier molecular flexibility index (Phi) is 3.09. The molecule has 0 unspecified atom stereocenters. The molecule has 0 bridgehead atoms. The first-order valence-electron chi connectivity index (χ1n) is 6.34. The molecule has 4 nitrogen and oxygen atoms in total. The van der Waals surface area contributed by atoms with Crippen LogP contribution in [0.5, 0.6) is 0 Å². The second-order valence-corrected chi connectivity index (χ2v) is 4.66. The maximum absolute atomic E-state index is 5.75. The number of furan rings is 1. The third-order valence-corrected chi connectivity index (χ3v) is 3.26. The Morgan fingerprint density at radius 2 is 2.00 bits per heavy atom. The number of benzene rings is 1. The van der Waals surface area contributed by atoms with Crippen molar-refractivity contribution < 1.29 is 8.94 Å². The van der Waals surface area contributed by atoms with Crippen LogP contribution in [0.15, 0.2) is 39.3 Å². The minimum atomic E-state index is 0.693. The van der Waals surface area contributed by atoms with Crippen molar-refractivity contribution in [2.24, 2.45) is 0 Å². The van der Waals surface area contributed by atoms with Gasteiger partial charge in [0.25, 0.3) is 0 Å². The monoisotopic (exact) mass is 256 g/mol. The number of hydrogen-bond acceptors (Lipinski definition) is 4. The number of para-hydroxylation sites is 1. The van der Waals surface area contributed by atoms with E-state index in [0.29, 0.717) is 6.54 Å². The van der Waals surface area contributed by atoms with E-state index in [-0.39, 0.29) is 0 Å². The third-order valence-electron chi connectivity index (χ3n) is 3.26. The quantitative estimate of drug-likeness (QED) is 0.778. The summed E-state index contributed by atoms with van der Waals surface area (Å²) in [6, 6.07) is 10.1. The van der Waals surface area contributed by atoms with Gasteiger partial charge in [-0.2, -0.15) is 0 Å². The highest BCUT2D eigenvalue weighted by Crippen LogP contribution is 2.19. The number of fused-ring (bicyclic) bond motifs is 1. The van der Waals surface area contributed by atoms with Gasteiger partial charge in [0, 0.05) is 17.5 Å². The molecule has 0 saturated heterocycles. The molecule has 3 rings (SSSR count). The molecule has 98 valence electrons. The molecule has 0 aliphatic heterocycles. The van der Waals surface area contributed by atoms with Crippen LogP contribution in [0.2, 0.25) is 0 Å². The maximum Gasteiger partial charge on any atom is 0.138 e. The van der Waals surface area contributed by atoms with E-state index in [1.807, 2.05) is 32.0 Å². The zero-order valence-corrected chi connectivity index (χ0v) is 11.1. The Morgan fingerprint density at radius 1 is 1.16 bits per heavy atom. The van der Waals surface area contributed by atoms with Crippen molar-refractivity contribution in [3.63, 3.8) is 0 Å². The summed E-state index contributed by atoms with van der Waals surface area (Å²) in [5.41, 5.74) is 2.99. The first kappa shape index (κ1) is 12.0. The van der Waals surface area contributed by atoms with Gasteiger partial charge in [-0.1, -0.05) is 23.4 Å². The van der Waals surface area contributed by atoms with Crippen LogP contribution >= 0.6 is 0 Å². The van der Waals surface area contributed by atoms with Crippen molar-refractivity contribution in [1.29, 1.82) is 0 Å². The molecule has 0 radical (unpaired) electrons. The smallest absolute Gasteiger partial charge is 0.138 e. The van der Waals surface area contributed by atoms with E-state index < -0.39 is 0 Å². The van der Waals surface area contributed by atoms with Crippen LogP contribution in [0.3, 0.4) is 0 Å². The highest BCUT2D eigenvalue weighted by molar-refractivity contribution is 5.77. The molecule has 0 aliphatic rings. The maximum atomic E-state index is 5.75. The van der Waals surface area contributed by atoms with Gasteiger partial charge in [0.1, 0.15) is 17.1 Å². The Balaban J connectivity index is 1.66. The van der Waals surface area contributed by atoms with Crippen LogP contribution in [0.1, 0.15) is 22.8 Å². The number of aromatic nitrogens is 1. The Bertz CT molecular complexity index is 645. The summed E-state index contributed by atoms with van der Waals surface area (Å²) in [5, 5.41) is 8.43. The van der Waals surface area contributed by atoms with E-state index in [1.165, 1.54) is 0 Å². The highest BCUT2D eigenvalue weighted by Gasteiger charge is 2.08. The summed E-state index contributed by atoms with van der Waals surface area (Å²) in [6.07, 6.45) is 0. The Labute approximate surface area is 111 Å². The molecule has 19 heavy (non-hydrogen) atoms. The number of aryl methyl sites for hydroxylation is 2. The second-order valence-electron chi connectivity index (χ2n) is 4.66. The van der Waals surface area contributed by atoms with Crippen LogP contribution in [0.4, 0.5) is 0 Å². The minimum absolute atomic E-state index is 0.693. The molecule has 0 fully saturated rings. The minimum Gasteiger partial charge on any atom is -0.460 e. The molecule has 1 aromatic carbocycles. The molecule has 0 aliphatic carbocycles. The first-order chi connectivity index (χ1) is 9.24. The van der Waals surface area contributed by atoms with E-state index in [2.05, 4.69) is 22.6 Å². The largest absolute Gasteiger partial charge is 0.460 e. The van der Waals surface area contributed by atoms with Crippen molar-refractivity contribution in [3.8, 4) is 0 Å². The molecular weight excluding hydrogens is 240 g/mol. The summed E-state index contributed by atoms with van der Waals surface area (Å²) >= 11 is 0. The van der Waals surface area contributed by atoms with Crippen LogP contribution in [-0.4, -0.2) is 5.16 Å². The lowest BCUT2D eigenvalue weighted by Crippen LogP contribution is -2.13. The summed E-state index contributed by atoms with van der Waals surface area (Å²) in [7, 11) is 0. The Hall–Kier alpha value is -2.07. The molecule has 2 heterocycles. The Morgan fingerprint density at radius 3 is 2.74 bits per heavy atom. The molecular formula is C15H16N2O2. The normalized spacial score (nSPS) is 11.3. The third kappa shape index (κ3) is 2.39. The number of nitrogens with zero attached hydrogens (tertiary/aromatic N) is 1. The van der Waals surface area contributed by atoms with E-state index >= 15 is 0 Å². The summed E-state index contributed by atoms with van der Waals surface area (Å²) in [6.45, 7) is 5.31. The zero-order chi connectivity index (χ0) is 13.2. The summed E-state index contributed by atoms with van der Waals surface area (Å²) in [5.74, 6) is 1.81. The molecule has 2 aromatic heterocycles. The molecule has 0 amide bonds. The lowest BCUT2D eigenvalue weighted by atomic mass is 10.2. The van der Waals surface area contributed by atoms with E-state index in [0.717, 1.165) is 40.3 Å². The average molecular weight is 256 g/mol. The van der Waals surface area contributed by atoms with Gasteiger partial charge in [-0.25, -0.2) is 0 Å². The predicted molar refractivity (Wildman–Crippen MR) is 72.7 cm³/mol. The van der Waals surface area contributed by atoms with Gasteiger partial charge in [0.2, 0.25) is 0 Å². The van der Waals surface area contributed by atoms with Crippen LogP contribution in [0, 0.1) is 13.8 Å². The van der Waals surface area contributed by atoms with Gasteiger partial charge in [-0.15, -0.1) is 0 Å². The summed E-state index contributed by atoms with van der Waals surface area (Å²) in [4.78, 5) is 0. The SMILES string of the molecule is Cc1noc(C)c1CNCc1cc2ccccc2o1. The second kappa shape index (κ2) is 4.90. The van der Waals surface area contributed by atoms with E-state index in [1.54, 1.807) is 0 Å². The topological polar surface area (TPSA) is 51.2 Å². The first-order valence-corrected chi connectivity index (χ1v) is 6.34. The van der Waals surface area contributed by atoms with Crippen molar-refractivity contribution in [2.45, 2.75) is 26.9 Å². The van der Waals surface area contributed by atoms with Crippen LogP contribution < -0.4 is 5.32 Å². The molecule has 4 heteroatoms. The van der Waals surface area contributed by atoms with Crippen molar-refractivity contribution >= 4 is 11.0 Å². The number of hydrogen-bond donors (Lipinski definition) is 1. The van der Waals surface area contributed by atoms with E-state index in [9.17, 15) is 0 Å². The fourth-order valence-corrected chi connectivity index (χ4v) is 2.19. The molecule has 0 spiro atoms. The molecule has 1 N–H and O–H groups in total. The van der Waals surface area contributed by atoms with Gasteiger partial charge < -0.3 is 14.3 Å². The number of rotatable bonds is 4. The lowest BCUT2D eigenvalue weighted by Gasteiger charge is -2.01. The predicted octanol–water partition coefficient (Wildman–Crippen LogP) is 3.33. The molecule has 3 aromatic rings. The summed E-state index contributed by atoms with van der Waals surface area (Å²) < 4.78 is 10.9. The fraction of sp³-hybridized carbons (Fsp3) is 0.267. The van der Waals surface area contributed by atoms with Gasteiger partial charge in [-0.3, -0.25) is 0 Å². The fourth-order valence-electron chi connectivity index (χ4n) is 2.19.